The molecule has 3 atom stereocenters. The minimum Gasteiger partial charge on any atom is -0.354 e. The first kappa shape index (κ1) is 16.8. The molecule has 134 valence electrons. The molecule has 2 aromatic carbocycles. The molecule has 2 amide bonds. The highest BCUT2D eigenvalue weighted by molar-refractivity contribution is 5.98. The Bertz CT molecular complexity index is 775. The van der Waals surface area contributed by atoms with Gasteiger partial charge in [-0.3, -0.25) is 9.59 Å². The van der Waals surface area contributed by atoms with E-state index >= 15 is 0 Å². The molecule has 2 aromatic rings. The van der Waals surface area contributed by atoms with Crippen LogP contribution in [0.2, 0.25) is 0 Å². The summed E-state index contributed by atoms with van der Waals surface area (Å²) in [5.41, 5.74) is 1.88. The van der Waals surface area contributed by atoms with Crippen molar-refractivity contribution in [2.45, 2.75) is 37.8 Å². The van der Waals surface area contributed by atoms with E-state index in [1.54, 1.807) is 0 Å². The van der Waals surface area contributed by atoms with E-state index in [-0.39, 0.29) is 23.9 Å². The lowest BCUT2D eigenvalue weighted by molar-refractivity contribution is -0.126. The molecule has 4 heteroatoms. The molecule has 26 heavy (non-hydrogen) atoms. The predicted molar refractivity (Wildman–Crippen MR) is 101 cm³/mol. The molecule has 0 aromatic heterocycles. The van der Waals surface area contributed by atoms with Crippen molar-refractivity contribution in [3.8, 4) is 0 Å². The highest BCUT2D eigenvalue weighted by Crippen LogP contribution is 2.43. The second kappa shape index (κ2) is 7.32. The molecule has 0 spiro atoms. The Hall–Kier alpha value is -2.62. The normalized spacial score (nSPS) is 23.8. The number of hydrogen-bond acceptors (Lipinski definition) is 2. The van der Waals surface area contributed by atoms with Crippen LogP contribution in [0, 0.1) is 5.92 Å². The minimum absolute atomic E-state index is 0.00240. The number of nitrogens with one attached hydrogen (secondary N) is 1. The van der Waals surface area contributed by atoms with Gasteiger partial charge in [0.2, 0.25) is 5.91 Å². The van der Waals surface area contributed by atoms with Crippen molar-refractivity contribution in [3.05, 3.63) is 71.8 Å². The van der Waals surface area contributed by atoms with Crippen LogP contribution in [0.5, 0.6) is 0 Å². The molecular weight excluding hydrogens is 324 g/mol. The summed E-state index contributed by atoms with van der Waals surface area (Å²) in [6.45, 7) is 0.601. The molecule has 0 radical (unpaired) electrons. The van der Waals surface area contributed by atoms with E-state index in [9.17, 15) is 9.59 Å². The van der Waals surface area contributed by atoms with Crippen molar-refractivity contribution < 1.29 is 9.59 Å². The first-order chi connectivity index (χ1) is 12.7. The molecule has 4 rings (SSSR count). The fourth-order valence-corrected chi connectivity index (χ4v) is 4.43. The zero-order valence-corrected chi connectivity index (χ0v) is 14.8. The van der Waals surface area contributed by atoms with Gasteiger partial charge in [0.1, 0.15) is 6.04 Å². The second-order valence-corrected chi connectivity index (χ2v) is 7.28. The number of nitrogens with zero attached hydrogens (tertiary/aromatic N) is 1. The molecule has 1 aliphatic carbocycles. The van der Waals surface area contributed by atoms with E-state index in [4.69, 9.17) is 0 Å². The Morgan fingerprint density at radius 2 is 1.65 bits per heavy atom. The van der Waals surface area contributed by atoms with Crippen molar-refractivity contribution in [1.82, 2.24) is 10.2 Å². The minimum atomic E-state index is -0.322. The SMILES string of the molecule is O=C(NCCc1ccccc1)[C@@H]1[C@H]2CC[C@@H](C2)N1C(=O)c1ccccc1. The van der Waals surface area contributed by atoms with Gasteiger partial charge < -0.3 is 10.2 Å². The zero-order chi connectivity index (χ0) is 17.9. The fraction of sp³-hybridized carbons (Fsp3) is 0.364. The number of fused-ring (bicyclic) bond motifs is 2. The van der Waals surface area contributed by atoms with E-state index in [2.05, 4.69) is 17.4 Å². The van der Waals surface area contributed by atoms with Gasteiger partial charge in [-0.1, -0.05) is 48.5 Å². The van der Waals surface area contributed by atoms with E-state index in [1.165, 1.54) is 5.56 Å². The summed E-state index contributed by atoms with van der Waals surface area (Å²) in [7, 11) is 0. The third-order valence-electron chi connectivity index (χ3n) is 5.66. The lowest BCUT2D eigenvalue weighted by Gasteiger charge is -2.34. The van der Waals surface area contributed by atoms with Gasteiger partial charge in [-0.05, 0) is 49.3 Å². The third-order valence-corrected chi connectivity index (χ3v) is 5.66. The Labute approximate surface area is 154 Å². The number of benzene rings is 2. The largest absolute Gasteiger partial charge is 0.354 e. The molecule has 0 unspecified atom stereocenters. The quantitative estimate of drug-likeness (QED) is 0.903. The number of hydrogen-bond donors (Lipinski definition) is 1. The van der Waals surface area contributed by atoms with Crippen LogP contribution in [-0.4, -0.2) is 35.3 Å². The maximum Gasteiger partial charge on any atom is 0.254 e. The van der Waals surface area contributed by atoms with Gasteiger partial charge in [0.15, 0.2) is 0 Å². The van der Waals surface area contributed by atoms with Gasteiger partial charge in [-0.15, -0.1) is 0 Å². The molecule has 4 nitrogen and oxygen atoms in total. The van der Waals surface area contributed by atoms with E-state index in [0.717, 1.165) is 25.7 Å². The molecule has 2 fully saturated rings. The molecule has 1 aliphatic heterocycles. The molecule has 1 saturated heterocycles. The third kappa shape index (κ3) is 3.24. The average Bonchev–Trinajstić information content (AvgIpc) is 3.30. The molecule has 2 bridgehead atoms. The predicted octanol–water partition coefficient (Wildman–Crippen LogP) is 3.04. The summed E-state index contributed by atoms with van der Waals surface area (Å²) in [5.74, 6) is 0.280. The van der Waals surface area contributed by atoms with Crippen molar-refractivity contribution >= 4 is 11.8 Å². The van der Waals surface area contributed by atoms with Crippen LogP contribution in [0.25, 0.3) is 0 Å². The number of piperidine rings is 1. The molecule has 2 aliphatic rings. The Morgan fingerprint density at radius 1 is 0.962 bits per heavy atom. The van der Waals surface area contributed by atoms with Crippen molar-refractivity contribution in [3.63, 3.8) is 0 Å². The summed E-state index contributed by atoms with van der Waals surface area (Å²) in [5, 5.41) is 3.06. The topological polar surface area (TPSA) is 49.4 Å². The maximum absolute atomic E-state index is 13.0. The number of rotatable bonds is 5. The van der Waals surface area contributed by atoms with Crippen molar-refractivity contribution in [1.29, 1.82) is 0 Å². The average molecular weight is 348 g/mol. The van der Waals surface area contributed by atoms with Gasteiger partial charge >= 0.3 is 0 Å². The van der Waals surface area contributed by atoms with Gasteiger partial charge in [-0.2, -0.15) is 0 Å². The summed E-state index contributed by atoms with van der Waals surface area (Å²) >= 11 is 0. The van der Waals surface area contributed by atoms with Crippen LogP contribution in [0.4, 0.5) is 0 Å². The smallest absolute Gasteiger partial charge is 0.254 e. The van der Waals surface area contributed by atoms with Crippen LogP contribution < -0.4 is 5.32 Å². The second-order valence-electron chi connectivity index (χ2n) is 7.28. The van der Waals surface area contributed by atoms with Crippen molar-refractivity contribution in [2.24, 2.45) is 5.92 Å². The number of likely N-dealkylation sites (tertiary alicyclic amines) is 1. The Balaban J connectivity index is 1.43. The van der Waals surface area contributed by atoms with Gasteiger partial charge in [0, 0.05) is 18.2 Å². The first-order valence-electron chi connectivity index (χ1n) is 9.43. The van der Waals surface area contributed by atoms with Crippen LogP contribution in [0.1, 0.15) is 35.2 Å². The molecular formula is C22H24N2O2. The van der Waals surface area contributed by atoms with E-state index in [1.807, 2.05) is 53.4 Å². The van der Waals surface area contributed by atoms with Crippen molar-refractivity contribution in [2.75, 3.05) is 6.54 Å². The summed E-state index contributed by atoms with van der Waals surface area (Å²) < 4.78 is 0. The maximum atomic E-state index is 13.0. The lowest BCUT2D eigenvalue weighted by Crippen LogP contribution is -2.53. The van der Waals surface area contributed by atoms with E-state index in [0.29, 0.717) is 18.0 Å². The summed E-state index contributed by atoms with van der Waals surface area (Å²) in [6.07, 6.45) is 3.81. The highest BCUT2D eigenvalue weighted by atomic mass is 16.2. The number of carbonyl (C=O) groups is 2. The molecule has 1 heterocycles. The number of amides is 2. The fourth-order valence-electron chi connectivity index (χ4n) is 4.43. The Kier molecular flexibility index (Phi) is 4.74. The van der Waals surface area contributed by atoms with Gasteiger partial charge in [0.05, 0.1) is 0 Å². The molecule has 1 N–H and O–H groups in total. The van der Waals surface area contributed by atoms with Crippen LogP contribution in [-0.2, 0) is 11.2 Å². The molecule has 1 saturated carbocycles. The summed E-state index contributed by atoms with van der Waals surface area (Å²) in [6, 6.07) is 19.3. The number of carbonyl (C=O) groups excluding carboxylic acids is 2. The van der Waals surface area contributed by atoms with Gasteiger partial charge in [0.25, 0.3) is 5.91 Å². The van der Waals surface area contributed by atoms with Gasteiger partial charge in [-0.25, -0.2) is 0 Å². The Morgan fingerprint density at radius 3 is 2.38 bits per heavy atom. The zero-order valence-electron chi connectivity index (χ0n) is 14.8. The van der Waals surface area contributed by atoms with Crippen LogP contribution >= 0.6 is 0 Å². The van der Waals surface area contributed by atoms with Crippen LogP contribution in [0.3, 0.4) is 0 Å². The monoisotopic (exact) mass is 348 g/mol. The summed E-state index contributed by atoms with van der Waals surface area (Å²) in [4.78, 5) is 27.7. The van der Waals surface area contributed by atoms with E-state index < -0.39 is 0 Å². The first-order valence-corrected chi connectivity index (χ1v) is 9.43. The standard InChI is InChI=1S/C22H24N2O2/c25-21(23-14-13-16-7-3-1-4-8-16)20-18-11-12-19(15-18)24(20)22(26)17-9-5-2-6-10-17/h1-10,18-20H,11-15H2,(H,23,25)/t18-,19-,20-/m0/s1. The highest BCUT2D eigenvalue weighted by Gasteiger charge is 2.51. The lowest BCUT2D eigenvalue weighted by atomic mass is 9.97. The van der Waals surface area contributed by atoms with Crippen LogP contribution in [0.15, 0.2) is 60.7 Å².